The molecule has 1 aliphatic rings. The van der Waals surface area contributed by atoms with E-state index in [0.717, 1.165) is 25.7 Å². The van der Waals surface area contributed by atoms with Gasteiger partial charge in [-0.05, 0) is 25.7 Å². The summed E-state index contributed by atoms with van der Waals surface area (Å²) in [6.45, 7) is 2.67. The number of hydrogen-bond donors (Lipinski definition) is 0. The molecule has 0 aromatic heterocycles. The molecule has 4 heteroatoms. The largest absolute Gasteiger partial charge is 0.460 e. The second-order valence-corrected chi connectivity index (χ2v) is 3.41. The molecule has 79 valence electrons. The van der Waals surface area contributed by atoms with Crippen molar-refractivity contribution in [3.63, 3.8) is 0 Å². The van der Waals surface area contributed by atoms with Crippen LogP contribution in [0.25, 0.3) is 0 Å². The molecule has 1 fully saturated rings. The third-order valence-electron chi connectivity index (χ3n) is 2.20. The molecular weight excluding hydrogens is 184 g/mol. The van der Waals surface area contributed by atoms with Crippen LogP contribution in [0.5, 0.6) is 0 Å². The topological polar surface area (TPSA) is 52.6 Å². The number of esters is 2. The van der Waals surface area contributed by atoms with Crippen LogP contribution >= 0.6 is 0 Å². The summed E-state index contributed by atoms with van der Waals surface area (Å²) in [5.74, 6) is -1.18. The summed E-state index contributed by atoms with van der Waals surface area (Å²) in [5.41, 5.74) is 0. The number of hydrogen-bond acceptors (Lipinski definition) is 4. The van der Waals surface area contributed by atoms with Crippen LogP contribution in [0.3, 0.4) is 0 Å². The molecule has 0 saturated heterocycles. The third kappa shape index (κ3) is 4.25. The van der Waals surface area contributed by atoms with E-state index >= 15 is 0 Å². The molecular formula is C10H15O4. The Morgan fingerprint density at radius 2 is 1.86 bits per heavy atom. The maximum atomic E-state index is 11.1. The first-order chi connectivity index (χ1) is 6.68. The summed E-state index contributed by atoms with van der Waals surface area (Å²) in [6.07, 6.45) is 5.27. The second-order valence-electron chi connectivity index (χ2n) is 3.41. The van der Waals surface area contributed by atoms with E-state index in [1.807, 2.05) is 0 Å². The fraction of sp³-hybridized carbons (Fsp3) is 0.700. The highest BCUT2D eigenvalue weighted by molar-refractivity contribution is 5.78. The van der Waals surface area contributed by atoms with Gasteiger partial charge < -0.3 is 9.47 Å². The van der Waals surface area contributed by atoms with Crippen LogP contribution in [-0.2, 0) is 19.1 Å². The lowest BCUT2D eigenvalue weighted by Gasteiger charge is -2.21. The van der Waals surface area contributed by atoms with Crippen molar-refractivity contribution < 1.29 is 19.1 Å². The summed E-state index contributed by atoms with van der Waals surface area (Å²) in [4.78, 5) is 21.4. The molecule has 0 N–H and O–H groups in total. The molecule has 0 atom stereocenters. The molecule has 0 aromatic carbocycles. The Hall–Kier alpha value is -1.06. The SMILES string of the molecule is [CH2]C(=O)OCC(=O)OC1CCCCC1. The quantitative estimate of drug-likeness (QED) is 0.642. The van der Waals surface area contributed by atoms with Gasteiger partial charge in [0.2, 0.25) is 0 Å². The van der Waals surface area contributed by atoms with E-state index in [0.29, 0.717) is 0 Å². The molecule has 1 aliphatic carbocycles. The molecule has 0 aromatic rings. The van der Waals surface area contributed by atoms with Gasteiger partial charge >= 0.3 is 11.9 Å². The van der Waals surface area contributed by atoms with E-state index in [4.69, 9.17) is 4.74 Å². The molecule has 14 heavy (non-hydrogen) atoms. The van der Waals surface area contributed by atoms with Crippen molar-refractivity contribution in [3.8, 4) is 0 Å². The zero-order valence-electron chi connectivity index (χ0n) is 8.16. The zero-order valence-corrected chi connectivity index (χ0v) is 8.16. The Kier molecular flexibility index (Phi) is 4.43. The Labute approximate surface area is 83.6 Å². The van der Waals surface area contributed by atoms with Gasteiger partial charge in [-0.15, -0.1) is 0 Å². The van der Waals surface area contributed by atoms with E-state index < -0.39 is 11.9 Å². The highest BCUT2D eigenvalue weighted by atomic mass is 16.6. The first kappa shape index (κ1) is 11.0. The van der Waals surface area contributed by atoms with Gasteiger partial charge in [-0.3, -0.25) is 4.79 Å². The highest BCUT2D eigenvalue weighted by Crippen LogP contribution is 2.20. The summed E-state index contributed by atoms with van der Waals surface area (Å²) in [5, 5.41) is 0. The first-order valence-electron chi connectivity index (χ1n) is 4.86. The molecule has 0 bridgehead atoms. The van der Waals surface area contributed by atoms with Crippen molar-refractivity contribution in [1.82, 2.24) is 0 Å². The molecule has 4 nitrogen and oxygen atoms in total. The van der Waals surface area contributed by atoms with Crippen LogP contribution in [-0.4, -0.2) is 24.6 Å². The summed E-state index contributed by atoms with van der Waals surface area (Å²) in [7, 11) is 0. The summed E-state index contributed by atoms with van der Waals surface area (Å²) in [6, 6.07) is 0. The molecule has 0 heterocycles. The molecule has 1 saturated carbocycles. The average molecular weight is 199 g/mol. The first-order valence-corrected chi connectivity index (χ1v) is 4.86. The summed E-state index contributed by atoms with van der Waals surface area (Å²) >= 11 is 0. The zero-order chi connectivity index (χ0) is 10.4. The lowest BCUT2D eigenvalue weighted by atomic mass is 9.98. The minimum atomic E-state index is -0.703. The van der Waals surface area contributed by atoms with Crippen molar-refractivity contribution in [1.29, 1.82) is 0 Å². The maximum Gasteiger partial charge on any atom is 0.344 e. The van der Waals surface area contributed by atoms with Gasteiger partial charge in [0.1, 0.15) is 6.10 Å². The van der Waals surface area contributed by atoms with Gasteiger partial charge in [-0.25, -0.2) is 4.79 Å². The van der Waals surface area contributed by atoms with Gasteiger partial charge in [-0.1, -0.05) is 6.42 Å². The van der Waals surface area contributed by atoms with Crippen molar-refractivity contribution in [2.24, 2.45) is 0 Å². The maximum absolute atomic E-state index is 11.1. The van der Waals surface area contributed by atoms with Gasteiger partial charge in [0.15, 0.2) is 6.61 Å². The Morgan fingerprint density at radius 1 is 1.21 bits per heavy atom. The van der Waals surface area contributed by atoms with Crippen LogP contribution in [0.4, 0.5) is 0 Å². The Bertz CT molecular complexity index is 206. The fourth-order valence-corrected chi connectivity index (χ4v) is 1.54. The molecule has 0 amide bonds. The van der Waals surface area contributed by atoms with E-state index in [1.54, 1.807) is 0 Å². The van der Waals surface area contributed by atoms with Crippen molar-refractivity contribution >= 4 is 11.9 Å². The van der Waals surface area contributed by atoms with E-state index in [9.17, 15) is 9.59 Å². The predicted octanol–water partition coefficient (Wildman–Crippen LogP) is 1.24. The van der Waals surface area contributed by atoms with Crippen molar-refractivity contribution in [3.05, 3.63) is 6.92 Å². The van der Waals surface area contributed by atoms with Crippen LogP contribution in [0.1, 0.15) is 32.1 Å². The Balaban J connectivity index is 2.15. The summed E-state index contributed by atoms with van der Waals surface area (Å²) < 4.78 is 9.52. The third-order valence-corrected chi connectivity index (χ3v) is 2.20. The minimum Gasteiger partial charge on any atom is -0.460 e. The molecule has 0 aliphatic heterocycles. The monoisotopic (exact) mass is 199 g/mol. The van der Waals surface area contributed by atoms with Gasteiger partial charge in [0.25, 0.3) is 0 Å². The van der Waals surface area contributed by atoms with Crippen molar-refractivity contribution in [2.75, 3.05) is 6.61 Å². The smallest absolute Gasteiger partial charge is 0.344 e. The number of rotatable bonds is 3. The number of carbonyl (C=O) groups excluding carboxylic acids is 2. The molecule has 1 rings (SSSR count). The number of carbonyl (C=O) groups is 2. The van der Waals surface area contributed by atoms with Gasteiger partial charge in [-0.2, -0.15) is 0 Å². The van der Waals surface area contributed by atoms with Gasteiger partial charge in [0, 0.05) is 0 Å². The van der Waals surface area contributed by atoms with Crippen LogP contribution in [0.15, 0.2) is 0 Å². The molecule has 1 radical (unpaired) electrons. The van der Waals surface area contributed by atoms with E-state index in [1.165, 1.54) is 6.42 Å². The van der Waals surface area contributed by atoms with Crippen LogP contribution in [0, 0.1) is 6.92 Å². The lowest BCUT2D eigenvalue weighted by molar-refractivity contribution is -0.161. The standard InChI is InChI=1S/C10H15O4/c1-8(11)13-7-10(12)14-9-5-3-2-4-6-9/h9H,1-7H2. The van der Waals surface area contributed by atoms with Gasteiger partial charge in [0.05, 0.1) is 6.92 Å². The van der Waals surface area contributed by atoms with Crippen LogP contribution < -0.4 is 0 Å². The number of ether oxygens (including phenoxy) is 2. The van der Waals surface area contributed by atoms with Crippen LogP contribution in [0.2, 0.25) is 0 Å². The van der Waals surface area contributed by atoms with E-state index in [-0.39, 0.29) is 12.7 Å². The average Bonchev–Trinajstić information content (AvgIpc) is 2.16. The predicted molar refractivity (Wildman–Crippen MR) is 49.3 cm³/mol. The fourth-order valence-electron chi connectivity index (χ4n) is 1.54. The highest BCUT2D eigenvalue weighted by Gasteiger charge is 2.17. The van der Waals surface area contributed by atoms with Crippen molar-refractivity contribution in [2.45, 2.75) is 38.2 Å². The Morgan fingerprint density at radius 3 is 2.43 bits per heavy atom. The molecule has 0 unspecified atom stereocenters. The lowest BCUT2D eigenvalue weighted by Crippen LogP contribution is -2.24. The minimum absolute atomic E-state index is 0.0137. The normalized spacial score (nSPS) is 17.5. The van der Waals surface area contributed by atoms with E-state index in [2.05, 4.69) is 11.7 Å². The molecule has 0 spiro atoms. The second kappa shape index (κ2) is 5.62.